The summed E-state index contributed by atoms with van der Waals surface area (Å²) in [5.74, 6) is -0.638. The molecule has 3 heterocycles. The Morgan fingerprint density at radius 3 is 2.44 bits per heavy atom. The number of nitrogens with zero attached hydrogens (tertiary/aromatic N) is 5. The van der Waals surface area contributed by atoms with E-state index < -0.39 is 29.8 Å². The van der Waals surface area contributed by atoms with E-state index in [-0.39, 0.29) is 43.0 Å². The van der Waals surface area contributed by atoms with E-state index in [1.165, 1.54) is 39.7 Å². The van der Waals surface area contributed by atoms with Crippen LogP contribution in [-0.2, 0) is 19.6 Å². The number of amides is 2. The molecule has 14 heteroatoms. The Morgan fingerprint density at radius 1 is 1.04 bits per heavy atom. The second-order valence-electron chi connectivity index (χ2n) is 13.4. The van der Waals surface area contributed by atoms with Crippen molar-refractivity contribution in [1.82, 2.24) is 29.3 Å². The van der Waals surface area contributed by atoms with Gasteiger partial charge in [0, 0.05) is 40.9 Å². The van der Waals surface area contributed by atoms with E-state index in [1.54, 1.807) is 35.4 Å². The van der Waals surface area contributed by atoms with Crippen molar-refractivity contribution in [2.24, 2.45) is 5.41 Å². The number of carbonyl (C=O) groups is 2. The van der Waals surface area contributed by atoms with Crippen LogP contribution < -0.4 is 15.7 Å². The van der Waals surface area contributed by atoms with Crippen LogP contribution in [0.15, 0.2) is 94.6 Å². The number of imidazole rings is 1. The van der Waals surface area contributed by atoms with E-state index in [0.29, 0.717) is 22.6 Å². The van der Waals surface area contributed by atoms with Crippen LogP contribution in [0, 0.1) is 12.3 Å². The Kier molecular flexibility index (Phi) is 10.1. The third kappa shape index (κ3) is 7.25. The molecule has 0 saturated heterocycles. The second kappa shape index (κ2) is 14.4. The van der Waals surface area contributed by atoms with Crippen LogP contribution in [0.1, 0.15) is 58.4 Å². The van der Waals surface area contributed by atoms with Crippen molar-refractivity contribution in [1.29, 1.82) is 0 Å². The van der Waals surface area contributed by atoms with Gasteiger partial charge >= 0.3 is 11.9 Å². The van der Waals surface area contributed by atoms with E-state index >= 15 is 0 Å². The van der Waals surface area contributed by atoms with Gasteiger partial charge in [-0.25, -0.2) is 14.8 Å². The third-order valence-corrected chi connectivity index (χ3v) is 10.1. The molecule has 0 radical (unpaired) electrons. The number of halogens is 4. The predicted molar refractivity (Wildman–Crippen MR) is 192 cm³/mol. The number of hydrogen-bond donors (Lipinski definition) is 1. The van der Waals surface area contributed by atoms with Gasteiger partial charge in [0.05, 0.1) is 29.0 Å². The summed E-state index contributed by atoms with van der Waals surface area (Å²) in [6.07, 6.45) is -1.40. The van der Waals surface area contributed by atoms with Gasteiger partial charge in [-0.1, -0.05) is 40.2 Å². The van der Waals surface area contributed by atoms with Gasteiger partial charge in [-0.05, 0) is 87.4 Å². The smallest absolute Gasteiger partial charge is 0.397 e. The standard InChI is InChI=1S/C38H36BrF3N6O4/c1-23-17-25(9-14-30(23)39)35(50)46-20-32-33(34(49)44-18-26-7-5-6-8-29(26)31-15-16-43-22-45-31)48(36(51)47(32)19-24(46)2)27-10-12-28(13-11-27)52-21-37(3,4)38(40,41)42/h5-17,22,24H,18-21H2,1-4H3,(H,44,49)/t24-/m0/s1. The fourth-order valence-corrected chi connectivity index (χ4v) is 6.22. The van der Waals surface area contributed by atoms with Gasteiger partial charge in [0.15, 0.2) is 0 Å². The first-order valence-corrected chi connectivity index (χ1v) is 17.3. The lowest BCUT2D eigenvalue weighted by Gasteiger charge is -2.34. The molecule has 3 aromatic carbocycles. The molecule has 10 nitrogen and oxygen atoms in total. The minimum absolute atomic E-state index is 0.0225. The second-order valence-corrected chi connectivity index (χ2v) is 14.2. The maximum atomic E-state index is 14.3. The molecule has 0 aliphatic carbocycles. The molecule has 52 heavy (non-hydrogen) atoms. The molecule has 0 saturated carbocycles. The number of aryl methyl sites for hydroxylation is 1. The monoisotopic (exact) mass is 776 g/mol. The SMILES string of the molecule is Cc1cc(C(=O)N2Cc3c(C(=O)NCc4ccccc4-c4ccncn4)n(-c4ccc(OCC(C)(C)C(F)(F)F)cc4)c(=O)n3C[C@@H]2C)ccc1Br. The summed E-state index contributed by atoms with van der Waals surface area (Å²) < 4.78 is 49.4. The van der Waals surface area contributed by atoms with Crippen LogP contribution in [0.2, 0.25) is 0 Å². The number of rotatable bonds is 9. The highest BCUT2D eigenvalue weighted by atomic mass is 79.9. The lowest BCUT2D eigenvalue weighted by Crippen LogP contribution is -2.47. The van der Waals surface area contributed by atoms with Crippen molar-refractivity contribution in [2.45, 2.75) is 59.5 Å². The van der Waals surface area contributed by atoms with Crippen molar-refractivity contribution in [3.63, 3.8) is 0 Å². The minimum atomic E-state index is -4.47. The first-order chi connectivity index (χ1) is 24.7. The Hall–Kier alpha value is -5.24. The Morgan fingerprint density at radius 2 is 1.77 bits per heavy atom. The van der Waals surface area contributed by atoms with E-state index in [4.69, 9.17) is 4.74 Å². The average molecular weight is 778 g/mol. The summed E-state index contributed by atoms with van der Waals surface area (Å²) in [5.41, 5.74) is 1.70. The number of hydrogen-bond acceptors (Lipinski definition) is 6. The largest absolute Gasteiger partial charge is 0.493 e. The molecule has 1 aliphatic heterocycles. The van der Waals surface area contributed by atoms with Crippen molar-refractivity contribution in [2.75, 3.05) is 6.61 Å². The Balaban J connectivity index is 1.37. The summed E-state index contributed by atoms with van der Waals surface area (Å²) in [6, 6.07) is 20.1. The molecule has 270 valence electrons. The number of nitrogens with one attached hydrogen (secondary N) is 1. The molecule has 0 bridgehead atoms. The number of benzene rings is 3. The van der Waals surface area contributed by atoms with Gasteiger partial charge in [-0.15, -0.1) is 0 Å². The topological polar surface area (TPSA) is 111 Å². The van der Waals surface area contributed by atoms with E-state index in [0.717, 1.165) is 35.0 Å². The quantitative estimate of drug-likeness (QED) is 0.171. The van der Waals surface area contributed by atoms with Gasteiger partial charge in [-0.2, -0.15) is 13.2 Å². The van der Waals surface area contributed by atoms with Crippen LogP contribution in [0.3, 0.4) is 0 Å². The molecule has 2 amide bonds. The fourth-order valence-electron chi connectivity index (χ4n) is 5.98. The van der Waals surface area contributed by atoms with E-state index in [2.05, 4.69) is 31.2 Å². The highest BCUT2D eigenvalue weighted by molar-refractivity contribution is 9.10. The zero-order valence-electron chi connectivity index (χ0n) is 28.9. The highest BCUT2D eigenvalue weighted by Gasteiger charge is 2.48. The third-order valence-electron chi connectivity index (χ3n) is 9.20. The van der Waals surface area contributed by atoms with Gasteiger partial charge in [0.25, 0.3) is 11.8 Å². The first kappa shape index (κ1) is 36.5. The summed E-state index contributed by atoms with van der Waals surface area (Å²) in [6.45, 7) is 5.42. The highest BCUT2D eigenvalue weighted by Crippen LogP contribution is 2.38. The maximum absolute atomic E-state index is 14.3. The lowest BCUT2D eigenvalue weighted by atomic mass is 9.94. The zero-order valence-corrected chi connectivity index (χ0v) is 30.5. The number of alkyl halides is 3. The lowest BCUT2D eigenvalue weighted by molar-refractivity contribution is -0.219. The van der Waals surface area contributed by atoms with Crippen molar-refractivity contribution in [3.05, 3.63) is 128 Å². The first-order valence-electron chi connectivity index (χ1n) is 16.5. The molecule has 0 fully saturated rings. The summed E-state index contributed by atoms with van der Waals surface area (Å²) in [5, 5.41) is 2.97. The van der Waals surface area contributed by atoms with Gasteiger partial charge in [0.2, 0.25) is 0 Å². The summed E-state index contributed by atoms with van der Waals surface area (Å²) in [7, 11) is 0. The van der Waals surface area contributed by atoms with Gasteiger partial charge in [-0.3, -0.25) is 18.7 Å². The molecule has 0 unspecified atom stereocenters. The van der Waals surface area contributed by atoms with Crippen LogP contribution in [0.4, 0.5) is 13.2 Å². The van der Waals surface area contributed by atoms with Gasteiger partial charge in [0.1, 0.15) is 24.4 Å². The van der Waals surface area contributed by atoms with Crippen LogP contribution in [-0.4, -0.2) is 54.6 Å². The molecule has 1 aliphatic rings. The molecule has 6 rings (SSSR count). The van der Waals surface area contributed by atoms with Crippen LogP contribution >= 0.6 is 15.9 Å². The van der Waals surface area contributed by atoms with Crippen molar-refractivity contribution >= 4 is 27.7 Å². The normalized spacial score (nSPS) is 14.5. The van der Waals surface area contributed by atoms with Crippen LogP contribution in [0.25, 0.3) is 16.9 Å². The number of carbonyl (C=O) groups excluding carboxylic acids is 2. The fraction of sp³-hybridized carbons (Fsp3) is 0.289. The maximum Gasteiger partial charge on any atom is 0.397 e. The van der Waals surface area contributed by atoms with E-state index in [9.17, 15) is 27.6 Å². The zero-order chi connectivity index (χ0) is 37.4. The number of ether oxygens (including phenoxy) is 1. The molecule has 2 aromatic heterocycles. The molecular weight excluding hydrogens is 741 g/mol. The van der Waals surface area contributed by atoms with Crippen LogP contribution in [0.5, 0.6) is 5.75 Å². The Labute approximate surface area is 306 Å². The van der Waals surface area contributed by atoms with Crippen molar-refractivity contribution in [3.8, 4) is 22.7 Å². The molecule has 1 atom stereocenters. The average Bonchev–Trinajstić information content (AvgIpc) is 3.41. The van der Waals surface area contributed by atoms with Gasteiger partial charge < -0.3 is 15.0 Å². The molecular formula is C38H36BrF3N6O4. The summed E-state index contributed by atoms with van der Waals surface area (Å²) in [4.78, 5) is 52.3. The van der Waals surface area contributed by atoms with E-state index in [1.807, 2.05) is 38.1 Å². The van der Waals surface area contributed by atoms with Crippen molar-refractivity contribution < 1.29 is 27.5 Å². The number of fused-ring (bicyclic) bond motifs is 1. The minimum Gasteiger partial charge on any atom is -0.493 e. The molecule has 1 N–H and O–H groups in total. The summed E-state index contributed by atoms with van der Waals surface area (Å²) >= 11 is 3.48. The number of aromatic nitrogens is 4. The molecule has 0 spiro atoms. The Bertz CT molecular complexity index is 2180. The molecule has 5 aromatic rings. The predicted octanol–water partition coefficient (Wildman–Crippen LogP) is 7.11.